The van der Waals surface area contributed by atoms with Crippen LogP contribution >= 0.6 is 0 Å². The fraction of sp³-hybridized carbons (Fsp3) is 0.706. The van der Waals surface area contributed by atoms with Gasteiger partial charge >= 0.3 is 5.97 Å². The summed E-state index contributed by atoms with van der Waals surface area (Å²) >= 11 is 0. The maximum absolute atomic E-state index is 11.2. The smallest absolute Gasteiger partial charge is 0.326 e. The predicted octanol–water partition coefficient (Wildman–Crippen LogP) is 1.24. The number of aliphatic hydroxyl groups is 1. The van der Waals surface area contributed by atoms with Gasteiger partial charge < -0.3 is 24.8 Å². The molecule has 1 amide bonds. The van der Waals surface area contributed by atoms with E-state index in [9.17, 15) is 19.8 Å². The molecule has 140 valence electrons. The van der Waals surface area contributed by atoms with Gasteiger partial charge in [-0.05, 0) is 6.42 Å². The van der Waals surface area contributed by atoms with Gasteiger partial charge in [-0.2, -0.15) is 0 Å². The molecule has 0 aliphatic carbocycles. The molecule has 1 aliphatic rings. The van der Waals surface area contributed by atoms with E-state index in [1.54, 1.807) is 12.5 Å². The number of nitrogens with zero attached hydrogens (tertiary/aromatic N) is 2. The highest BCUT2D eigenvalue weighted by atomic mass is 16.6. The monoisotopic (exact) mass is 353 g/mol. The summed E-state index contributed by atoms with van der Waals surface area (Å²) in [5.74, 6) is -1.49. The van der Waals surface area contributed by atoms with Crippen LogP contribution in [0, 0.1) is 0 Å². The van der Waals surface area contributed by atoms with Crippen molar-refractivity contribution in [2.24, 2.45) is 0 Å². The lowest BCUT2D eigenvalue weighted by Gasteiger charge is -2.19. The van der Waals surface area contributed by atoms with Crippen LogP contribution in [0.3, 0.4) is 0 Å². The molecular weight excluding hydrogens is 326 g/mol. The van der Waals surface area contributed by atoms with E-state index in [2.05, 4.69) is 17.2 Å². The van der Waals surface area contributed by atoms with Gasteiger partial charge in [0.15, 0.2) is 6.29 Å². The molecule has 25 heavy (non-hydrogen) atoms. The summed E-state index contributed by atoms with van der Waals surface area (Å²) < 4.78 is 7.50. The molecule has 8 heteroatoms. The number of carboxylic acids is 1. The van der Waals surface area contributed by atoms with E-state index in [1.165, 1.54) is 6.92 Å². The third-order valence-corrected chi connectivity index (χ3v) is 4.42. The van der Waals surface area contributed by atoms with Crippen molar-refractivity contribution < 1.29 is 24.5 Å². The van der Waals surface area contributed by atoms with Crippen LogP contribution in [0.4, 0.5) is 0 Å². The SMILES string of the molecule is CCCCCC1OC(O)CC1n1cnc(C[C@H](NC(C)=O)C(=O)O)c1. The number of carboxylic acid groups (broad SMARTS) is 1. The molecule has 1 saturated heterocycles. The molecule has 0 radical (unpaired) electrons. The summed E-state index contributed by atoms with van der Waals surface area (Å²) in [5.41, 5.74) is 0.579. The highest BCUT2D eigenvalue weighted by molar-refractivity contribution is 5.82. The van der Waals surface area contributed by atoms with Crippen molar-refractivity contribution in [3.63, 3.8) is 0 Å². The minimum Gasteiger partial charge on any atom is -0.480 e. The number of aliphatic carboxylic acids is 1. The maximum Gasteiger partial charge on any atom is 0.326 e. The van der Waals surface area contributed by atoms with E-state index >= 15 is 0 Å². The molecule has 1 aliphatic heterocycles. The number of carbonyl (C=O) groups excluding carboxylic acids is 1. The van der Waals surface area contributed by atoms with Gasteiger partial charge in [-0.25, -0.2) is 9.78 Å². The highest BCUT2D eigenvalue weighted by Crippen LogP contribution is 2.33. The van der Waals surface area contributed by atoms with Gasteiger partial charge in [0.1, 0.15) is 6.04 Å². The summed E-state index contributed by atoms with van der Waals surface area (Å²) in [6.45, 7) is 3.42. The first-order valence-electron chi connectivity index (χ1n) is 8.76. The van der Waals surface area contributed by atoms with Crippen molar-refractivity contribution in [1.29, 1.82) is 0 Å². The first kappa shape index (κ1) is 19.4. The van der Waals surface area contributed by atoms with Gasteiger partial charge in [-0.15, -0.1) is 0 Å². The van der Waals surface area contributed by atoms with Gasteiger partial charge in [0.25, 0.3) is 0 Å². The molecule has 2 heterocycles. The number of carbonyl (C=O) groups is 2. The number of aliphatic hydroxyl groups excluding tert-OH is 1. The summed E-state index contributed by atoms with van der Waals surface area (Å²) in [7, 11) is 0. The van der Waals surface area contributed by atoms with Crippen LogP contribution in [0.25, 0.3) is 0 Å². The van der Waals surface area contributed by atoms with Crippen molar-refractivity contribution in [3.8, 4) is 0 Å². The van der Waals surface area contributed by atoms with Gasteiger partial charge in [-0.1, -0.05) is 26.2 Å². The lowest BCUT2D eigenvalue weighted by atomic mass is 10.0. The first-order chi connectivity index (χ1) is 11.9. The molecule has 4 atom stereocenters. The zero-order chi connectivity index (χ0) is 18.4. The number of amides is 1. The van der Waals surface area contributed by atoms with Crippen molar-refractivity contribution in [1.82, 2.24) is 14.9 Å². The Bertz CT molecular complexity index is 589. The van der Waals surface area contributed by atoms with Crippen LogP contribution < -0.4 is 5.32 Å². The Kier molecular flexibility index (Phi) is 6.95. The van der Waals surface area contributed by atoms with E-state index in [1.807, 2.05) is 4.57 Å². The molecule has 0 spiro atoms. The topological polar surface area (TPSA) is 114 Å². The molecule has 3 N–H and O–H groups in total. The molecule has 8 nitrogen and oxygen atoms in total. The van der Waals surface area contributed by atoms with Crippen molar-refractivity contribution in [2.75, 3.05) is 0 Å². The molecule has 1 aromatic rings. The van der Waals surface area contributed by atoms with E-state index in [0.717, 1.165) is 25.7 Å². The van der Waals surface area contributed by atoms with Crippen LogP contribution in [0.1, 0.15) is 57.7 Å². The van der Waals surface area contributed by atoms with Gasteiger partial charge in [0.2, 0.25) is 5.91 Å². The fourth-order valence-corrected chi connectivity index (χ4v) is 3.20. The normalized spacial score (nSPS) is 24.2. The number of ether oxygens (including phenoxy) is 1. The molecular formula is C17H27N3O5. The predicted molar refractivity (Wildman–Crippen MR) is 89.8 cm³/mol. The zero-order valence-electron chi connectivity index (χ0n) is 14.7. The quantitative estimate of drug-likeness (QED) is 0.576. The lowest BCUT2D eigenvalue weighted by molar-refractivity contribution is -0.141. The maximum atomic E-state index is 11.2. The van der Waals surface area contributed by atoms with Crippen LogP contribution in [0.5, 0.6) is 0 Å². The Labute approximate surface area is 147 Å². The van der Waals surface area contributed by atoms with Crippen LogP contribution in [0.15, 0.2) is 12.5 Å². The Morgan fingerprint density at radius 3 is 2.88 bits per heavy atom. The minimum atomic E-state index is -1.10. The second kappa shape index (κ2) is 8.96. The number of unbranched alkanes of at least 4 members (excludes halogenated alkanes) is 2. The molecule has 0 bridgehead atoms. The van der Waals surface area contributed by atoms with E-state index < -0.39 is 24.2 Å². The summed E-state index contributed by atoms with van der Waals surface area (Å²) in [6, 6.07) is -1.02. The number of nitrogens with one attached hydrogen (secondary N) is 1. The molecule has 1 fully saturated rings. The molecule has 3 unspecified atom stereocenters. The van der Waals surface area contributed by atoms with Gasteiger partial charge in [0, 0.05) is 26.0 Å². The summed E-state index contributed by atoms with van der Waals surface area (Å²) in [5, 5.41) is 21.4. The molecule has 0 aromatic carbocycles. The van der Waals surface area contributed by atoms with Crippen LogP contribution in [-0.2, 0) is 20.7 Å². The van der Waals surface area contributed by atoms with E-state index in [-0.39, 0.29) is 18.6 Å². The van der Waals surface area contributed by atoms with E-state index in [0.29, 0.717) is 12.1 Å². The molecule has 1 aromatic heterocycles. The van der Waals surface area contributed by atoms with Crippen molar-refractivity contribution in [3.05, 3.63) is 18.2 Å². The standard InChI is InChI=1S/C17H27N3O5/c1-3-4-5-6-15-14(8-16(22)25-15)20-9-12(18-10-20)7-13(17(23)24)19-11(2)21/h9-10,13-16,22H,3-8H2,1-2H3,(H,19,21)(H,23,24)/t13-,14?,15?,16?/m0/s1. The number of rotatable bonds is 9. The van der Waals surface area contributed by atoms with Gasteiger partial charge in [-0.3, -0.25) is 4.79 Å². The number of imidazole rings is 1. The van der Waals surface area contributed by atoms with E-state index in [4.69, 9.17) is 4.74 Å². The molecule has 0 saturated carbocycles. The second-order valence-electron chi connectivity index (χ2n) is 6.54. The van der Waals surface area contributed by atoms with Gasteiger partial charge in [0.05, 0.1) is 24.2 Å². The average Bonchev–Trinajstić information content (AvgIpc) is 3.13. The largest absolute Gasteiger partial charge is 0.480 e. The van der Waals surface area contributed by atoms with Crippen molar-refractivity contribution in [2.45, 2.75) is 76.9 Å². The Balaban J connectivity index is 2.03. The van der Waals surface area contributed by atoms with Crippen LogP contribution in [0.2, 0.25) is 0 Å². The van der Waals surface area contributed by atoms with Crippen molar-refractivity contribution >= 4 is 11.9 Å². The lowest BCUT2D eigenvalue weighted by Crippen LogP contribution is -2.41. The minimum absolute atomic E-state index is 0.0165. The van der Waals surface area contributed by atoms with Crippen LogP contribution in [-0.4, -0.2) is 50.1 Å². The average molecular weight is 353 g/mol. The fourth-order valence-electron chi connectivity index (χ4n) is 3.20. The zero-order valence-corrected chi connectivity index (χ0v) is 14.7. The summed E-state index contributed by atoms with van der Waals surface area (Å²) in [4.78, 5) is 26.6. The first-order valence-corrected chi connectivity index (χ1v) is 8.76. The number of hydrogen-bond donors (Lipinski definition) is 3. The second-order valence-corrected chi connectivity index (χ2v) is 6.54. The Morgan fingerprint density at radius 2 is 2.24 bits per heavy atom. The third-order valence-electron chi connectivity index (χ3n) is 4.42. The highest BCUT2D eigenvalue weighted by Gasteiger charge is 2.35. The molecule has 2 rings (SSSR count). The number of aromatic nitrogens is 2. The Morgan fingerprint density at radius 1 is 1.48 bits per heavy atom. The Hall–Kier alpha value is -1.93. The third kappa shape index (κ3) is 5.54. The summed E-state index contributed by atoms with van der Waals surface area (Å²) in [6.07, 6.45) is 7.30. The number of hydrogen-bond acceptors (Lipinski definition) is 5.